The number of rotatable bonds is 4. The second kappa shape index (κ2) is 5.42. The molecule has 0 atom stereocenters. The summed E-state index contributed by atoms with van der Waals surface area (Å²) >= 11 is 4.60. The molecule has 2 nitrogen and oxygen atoms in total. The monoisotopic (exact) mass is 267 g/mol. The van der Waals surface area contributed by atoms with Gasteiger partial charge < -0.3 is 10.5 Å². The van der Waals surface area contributed by atoms with Crippen LogP contribution in [0.25, 0.3) is 0 Å². The Labute approximate surface area is 100 Å². The third-order valence-corrected chi connectivity index (χ3v) is 2.09. The molecule has 1 rings (SSSR count). The van der Waals surface area contributed by atoms with E-state index in [1.807, 2.05) is 0 Å². The number of hydrogen-bond acceptors (Lipinski definition) is 2. The molecule has 1 aromatic carbocycles. The maximum Gasteiger partial charge on any atom is 0.411 e. The Kier molecular flexibility index (Phi) is 4.41. The standard InChI is InChI=1S/C10H9F4NOS/c11-8-6(4-16-5-10(12,13)14)2-1-3-7(8)9(15)17/h1-3H,4-5H2,(H2,15,17). The van der Waals surface area contributed by atoms with E-state index in [0.29, 0.717) is 0 Å². The molecule has 0 unspecified atom stereocenters. The Morgan fingerprint density at radius 2 is 2.00 bits per heavy atom. The van der Waals surface area contributed by atoms with Crippen molar-refractivity contribution in [2.45, 2.75) is 12.8 Å². The van der Waals surface area contributed by atoms with Crippen LogP contribution < -0.4 is 5.73 Å². The first-order valence-electron chi connectivity index (χ1n) is 4.53. The van der Waals surface area contributed by atoms with Crippen molar-refractivity contribution in [2.75, 3.05) is 6.61 Å². The highest BCUT2D eigenvalue weighted by atomic mass is 32.1. The molecular formula is C10H9F4NOS. The van der Waals surface area contributed by atoms with Crippen LogP contribution in [-0.2, 0) is 11.3 Å². The molecule has 94 valence electrons. The molecule has 17 heavy (non-hydrogen) atoms. The van der Waals surface area contributed by atoms with Gasteiger partial charge >= 0.3 is 6.18 Å². The number of benzene rings is 1. The third kappa shape index (κ3) is 4.27. The van der Waals surface area contributed by atoms with Gasteiger partial charge in [0.1, 0.15) is 17.4 Å². The molecule has 0 aromatic heterocycles. The van der Waals surface area contributed by atoms with Gasteiger partial charge in [-0.15, -0.1) is 0 Å². The van der Waals surface area contributed by atoms with Crippen LogP contribution in [0.3, 0.4) is 0 Å². The van der Waals surface area contributed by atoms with Crippen LogP contribution in [0.5, 0.6) is 0 Å². The average Bonchev–Trinajstić information content (AvgIpc) is 2.18. The molecule has 0 aliphatic carbocycles. The van der Waals surface area contributed by atoms with Gasteiger partial charge in [-0.3, -0.25) is 0 Å². The fraction of sp³-hybridized carbons (Fsp3) is 0.300. The van der Waals surface area contributed by atoms with Crippen LogP contribution in [0.4, 0.5) is 17.6 Å². The van der Waals surface area contributed by atoms with Crippen molar-refractivity contribution >= 4 is 17.2 Å². The summed E-state index contributed by atoms with van der Waals surface area (Å²) in [6, 6.07) is 4.11. The van der Waals surface area contributed by atoms with E-state index in [-0.39, 0.29) is 16.1 Å². The van der Waals surface area contributed by atoms with Crippen LogP contribution in [0, 0.1) is 5.82 Å². The molecule has 1 aromatic rings. The van der Waals surface area contributed by atoms with Crippen LogP contribution in [0.1, 0.15) is 11.1 Å². The van der Waals surface area contributed by atoms with Gasteiger partial charge in [0.15, 0.2) is 0 Å². The van der Waals surface area contributed by atoms with Crippen molar-refractivity contribution in [1.29, 1.82) is 0 Å². The van der Waals surface area contributed by atoms with E-state index in [1.54, 1.807) is 0 Å². The van der Waals surface area contributed by atoms with Crippen molar-refractivity contribution in [3.63, 3.8) is 0 Å². The fourth-order valence-electron chi connectivity index (χ4n) is 1.16. The first-order chi connectivity index (χ1) is 7.81. The molecule has 0 fully saturated rings. The minimum Gasteiger partial charge on any atom is -0.389 e. The molecule has 0 saturated heterocycles. The second-order valence-electron chi connectivity index (χ2n) is 3.25. The summed E-state index contributed by atoms with van der Waals surface area (Å²) in [5.41, 5.74) is 5.23. The number of thiocarbonyl (C=S) groups is 1. The third-order valence-electron chi connectivity index (χ3n) is 1.87. The highest BCUT2D eigenvalue weighted by Crippen LogP contribution is 2.18. The number of ether oxygens (including phenoxy) is 1. The number of nitrogens with two attached hydrogens (primary N) is 1. The van der Waals surface area contributed by atoms with E-state index >= 15 is 0 Å². The van der Waals surface area contributed by atoms with Gasteiger partial charge in [0.25, 0.3) is 0 Å². The first-order valence-corrected chi connectivity index (χ1v) is 4.94. The SMILES string of the molecule is NC(=S)c1cccc(COCC(F)(F)F)c1F. The zero-order valence-electron chi connectivity index (χ0n) is 8.55. The van der Waals surface area contributed by atoms with Crippen molar-refractivity contribution in [2.24, 2.45) is 5.73 Å². The lowest BCUT2D eigenvalue weighted by atomic mass is 10.1. The van der Waals surface area contributed by atoms with Crippen LogP contribution in [-0.4, -0.2) is 17.8 Å². The predicted molar refractivity (Wildman–Crippen MR) is 58.0 cm³/mol. The highest BCUT2D eigenvalue weighted by molar-refractivity contribution is 7.80. The summed E-state index contributed by atoms with van der Waals surface area (Å²) in [4.78, 5) is -0.153. The van der Waals surface area contributed by atoms with E-state index in [1.165, 1.54) is 18.2 Å². The summed E-state index contributed by atoms with van der Waals surface area (Å²) in [7, 11) is 0. The van der Waals surface area contributed by atoms with E-state index < -0.39 is 25.2 Å². The molecule has 0 aliphatic rings. The predicted octanol–water partition coefficient (Wildman–Crippen LogP) is 2.54. The van der Waals surface area contributed by atoms with E-state index in [0.717, 1.165) is 0 Å². The maximum atomic E-state index is 13.6. The molecule has 0 aliphatic heterocycles. The first kappa shape index (κ1) is 13.9. The van der Waals surface area contributed by atoms with E-state index in [2.05, 4.69) is 17.0 Å². The van der Waals surface area contributed by atoms with Crippen molar-refractivity contribution in [1.82, 2.24) is 0 Å². The van der Waals surface area contributed by atoms with Crippen LogP contribution >= 0.6 is 12.2 Å². The Bertz CT molecular complexity index is 419. The fourth-order valence-corrected chi connectivity index (χ4v) is 1.32. The van der Waals surface area contributed by atoms with Crippen LogP contribution in [0.15, 0.2) is 18.2 Å². The smallest absolute Gasteiger partial charge is 0.389 e. The summed E-state index contributed by atoms with van der Waals surface area (Å²) in [6.07, 6.45) is -4.43. The van der Waals surface area contributed by atoms with Crippen molar-refractivity contribution in [3.05, 3.63) is 35.1 Å². The van der Waals surface area contributed by atoms with Crippen LogP contribution in [0.2, 0.25) is 0 Å². The Balaban J connectivity index is 2.72. The summed E-state index contributed by atoms with van der Waals surface area (Å²) in [5.74, 6) is -0.748. The Morgan fingerprint density at radius 3 is 2.53 bits per heavy atom. The van der Waals surface area contributed by atoms with Crippen molar-refractivity contribution in [3.8, 4) is 0 Å². The lowest BCUT2D eigenvalue weighted by Crippen LogP contribution is -2.18. The Morgan fingerprint density at radius 1 is 1.35 bits per heavy atom. The minimum absolute atomic E-state index is 0.00638. The lowest BCUT2D eigenvalue weighted by molar-refractivity contribution is -0.176. The van der Waals surface area contributed by atoms with E-state index in [4.69, 9.17) is 5.73 Å². The quantitative estimate of drug-likeness (QED) is 0.672. The van der Waals surface area contributed by atoms with E-state index in [9.17, 15) is 17.6 Å². The largest absolute Gasteiger partial charge is 0.411 e. The molecule has 2 N–H and O–H groups in total. The molecule has 0 saturated carbocycles. The second-order valence-corrected chi connectivity index (χ2v) is 3.69. The zero-order chi connectivity index (χ0) is 13.1. The average molecular weight is 267 g/mol. The number of hydrogen-bond donors (Lipinski definition) is 1. The van der Waals surface area contributed by atoms with Gasteiger partial charge in [-0.1, -0.05) is 24.4 Å². The van der Waals surface area contributed by atoms with Gasteiger partial charge in [-0.05, 0) is 6.07 Å². The molecule has 0 bridgehead atoms. The lowest BCUT2D eigenvalue weighted by Gasteiger charge is -2.09. The number of halogens is 4. The van der Waals surface area contributed by atoms with Crippen molar-refractivity contribution < 1.29 is 22.3 Å². The molecule has 0 radical (unpaired) electrons. The molecular weight excluding hydrogens is 258 g/mol. The molecule has 0 amide bonds. The van der Waals surface area contributed by atoms with Gasteiger partial charge in [0.05, 0.1) is 6.61 Å². The molecule has 0 spiro atoms. The van der Waals surface area contributed by atoms with Gasteiger partial charge in [-0.2, -0.15) is 13.2 Å². The summed E-state index contributed by atoms with van der Waals surface area (Å²) < 4.78 is 53.4. The topological polar surface area (TPSA) is 35.2 Å². The summed E-state index contributed by atoms with van der Waals surface area (Å²) in [5, 5.41) is 0. The highest BCUT2D eigenvalue weighted by Gasteiger charge is 2.27. The minimum atomic E-state index is -4.43. The summed E-state index contributed by atoms with van der Waals surface area (Å²) in [6.45, 7) is -1.91. The number of alkyl halides is 3. The molecule has 7 heteroatoms. The molecule has 0 heterocycles. The maximum absolute atomic E-state index is 13.6. The van der Waals surface area contributed by atoms with Gasteiger partial charge in [0.2, 0.25) is 0 Å². The van der Waals surface area contributed by atoms with Gasteiger partial charge in [-0.25, -0.2) is 4.39 Å². The normalized spacial score (nSPS) is 11.5. The van der Waals surface area contributed by atoms with Gasteiger partial charge in [0, 0.05) is 11.1 Å². The Hall–Kier alpha value is -1.21. The zero-order valence-corrected chi connectivity index (χ0v) is 9.37.